The van der Waals surface area contributed by atoms with Crippen molar-refractivity contribution < 1.29 is 31.6 Å². The molecular weight excluding hydrogens is 496 g/mol. The summed E-state index contributed by atoms with van der Waals surface area (Å²) in [5.74, 6) is 1.28. The Bertz CT molecular complexity index is 1290. The molecule has 1 aliphatic rings. The van der Waals surface area contributed by atoms with Crippen molar-refractivity contribution in [2.24, 2.45) is 0 Å². The van der Waals surface area contributed by atoms with Crippen molar-refractivity contribution in [2.45, 2.75) is 30.4 Å². The van der Waals surface area contributed by atoms with E-state index in [1.807, 2.05) is 12.1 Å². The van der Waals surface area contributed by atoms with E-state index in [0.29, 0.717) is 36.9 Å². The van der Waals surface area contributed by atoms with Crippen molar-refractivity contribution in [1.82, 2.24) is 4.90 Å². The molecular formula is C27H30N2O7S. The number of nitrogens with zero attached hydrogens (tertiary/aromatic N) is 1. The van der Waals surface area contributed by atoms with Crippen molar-refractivity contribution in [1.29, 1.82) is 0 Å². The molecule has 10 heteroatoms. The first-order chi connectivity index (χ1) is 17.9. The molecule has 0 spiro atoms. The van der Waals surface area contributed by atoms with Gasteiger partial charge in [0.05, 0.1) is 26.0 Å². The quantitative estimate of drug-likeness (QED) is 0.383. The van der Waals surface area contributed by atoms with Crippen molar-refractivity contribution in [2.75, 3.05) is 32.7 Å². The van der Waals surface area contributed by atoms with E-state index in [-0.39, 0.29) is 22.8 Å². The fourth-order valence-corrected chi connectivity index (χ4v) is 4.91. The molecule has 196 valence electrons. The fraction of sp³-hybridized carbons (Fsp3) is 0.296. The predicted molar refractivity (Wildman–Crippen MR) is 139 cm³/mol. The highest BCUT2D eigenvalue weighted by Crippen LogP contribution is 2.25. The van der Waals surface area contributed by atoms with Crippen LogP contribution in [0.5, 0.6) is 17.2 Å². The zero-order valence-electron chi connectivity index (χ0n) is 20.8. The van der Waals surface area contributed by atoms with Gasteiger partial charge < -0.3 is 28.6 Å². The molecule has 1 fully saturated rings. The predicted octanol–water partition coefficient (Wildman–Crippen LogP) is 4.68. The van der Waals surface area contributed by atoms with Crippen LogP contribution in [0, 0.1) is 0 Å². The number of carbonyl (C=O) groups excluding carboxylic acids is 1. The number of hydrogen-bond acceptors (Lipinski definition) is 7. The van der Waals surface area contributed by atoms with Crippen LogP contribution < -0.4 is 19.0 Å². The lowest BCUT2D eigenvalue weighted by Crippen LogP contribution is -2.39. The second-order valence-corrected chi connectivity index (χ2v) is 10.0. The zero-order chi connectivity index (χ0) is 26.3. The fourth-order valence-electron chi connectivity index (χ4n) is 3.98. The van der Waals surface area contributed by atoms with Gasteiger partial charge in [0, 0.05) is 19.7 Å². The third kappa shape index (κ3) is 6.93. The van der Waals surface area contributed by atoms with Crippen molar-refractivity contribution in [3.8, 4) is 17.2 Å². The molecule has 9 nitrogen and oxygen atoms in total. The summed E-state index contributed by atoms with van der Waals surface area (Å²) in [6.07, 6.45) is 1.80. The largest absolute Gasteiger partial charge is 0.497 e. The highest BCUT2D eigenvalue weighted by Gasteiger charge is 2.24. The Kier molecular flexibility index (Phi) is 8.52. The standard InChI is InChI=1S/C27H30N2O7S/c1-33-21-13-15-24(16-14-21)37(31,32)36-22-11-9-20(10-12-22)18-29(19-23-6-5-17-35-23)27(30)28-25-7-3-4-8-26(25)34-2/h3-4,7-16,23H,5-6,17-19H2,1-2H3,(H,28,30)/t23-/m0/s1. The van der Waals surface area contributed by atoms with Crippen LogP contribution in [0.3, 0.4) is 0 Å². The molecule has 1 N–H and O–H groups in total. The molecule has 1 saturated heterocycles. The monoisotopic (exact) mass is 526 g/mol. The van der Waals surface area contributed by atoms with Gasteiger partial charge >= 0.3 is 16.1 Å². The molecule has 1 aliphatic heterocycles. The molecule has 4 rings (SSSR count). The van der Waals surface area contributed by atoms with Gasteiger partial charge in [-0.15, -0.1) is 0 Å². The average Bonchev–Trinajstić information content (AvgIpc) is 3.43. The van der Waals surface area contributed by atoms with Crippen LogP contribution in [-0.4, -0.2) is 52.8 Å². The molecule has 1 atom stereocenters. The first-order valence-electron chi connectivity index (χ1n) is 11.9. The summed E-state index contributed by atoms with van der Waals surface area (Å²) in [5, 5.41) is 2.92. The second kappa shape index (κ2) is 12.0. The van der Waals surface area contributed by atoms with Gasteiger partial charge in [-0.25, -0.2) is 4.79 Å². The average molecular weight is 527 g/mol. The molecule has 3 aromatic carbocycles. The zero-order valence-corrected chi connectivity index (χ0v) is 21.6. The van der Waals surface area contributed by atoms with E-state index in [1.54, 1.807) is 60.5 Å². The molecule has 3 aromatic rings. The van der Waals surface area contributed by atoms with Gasteiger partial charge in [0.1, 0.15) is 22.1 Å². The number of anilines is 1. The van der Waals surface area contributed by atoms with Gasteiger partial charge in [-0.3, -0.25) is 0 Å². The number of methoxy groups -OCH3 is 2. The van der Waals surface area contributed by atoms with Gasteiger partial charge in [-0.05, 0) is 66.9 Å². The Hall–Kier alpha value is -3.76. The Morgan fingerprint density at radius 1 is 0.973 bits per heavy atom. The molecule has 0 saturated carbocycles. The van der Waals surface area contributed by atoms with Crippen molar-refractivity contribution >= 4 is 21.8 Å². The number of carbonyl (C=O) groups is 1. The second-order valence-electron chi connectivity index (χ2n) is 8.50. The topological polar surface area (TPSA) is 103 Å². The number of amides is 2. The summed E-state index contributed by atoms with van der Waals surface area (Å²) < 4.78 is 46.7. The van der Waals surface area contributed by atoms with Crippen LogP contribution in [0.15, 0.2) is 77.7 Å². The summed E-state index contributed by atoms with van der Waals surface area (Å²) in [6.45, 7) is 1.40. The minimum Gasteiger partial charge on any atom is -0.497 e. The number of urea groups is 1. The van der Waals surface area contributed by atoms with Crippen molar-refractivity contribution in [3.05, 3.63) is 78.4 Å². The maximum atomic E-state index is 13.2. The summed E-state index contributed by atoms with van der Waals surface area (Å²) in [6, 6.07) is 19.5. The number of nitrogens with one attached hydrogen (secondary N) is 1. The Labute approximate surface area is 217 Å². The highest BCUT2D eigenvalue weighted by atomic mass is 32.2. The number of hydrogen-bond donors (Lipinski definition) is 1. The minimum atomic E-state index is -4.00. The Morgan fingerprint density at radius 2 is 1.68 bits per heavy atom. The third-order valence-electron chi connectivity index (χ3n) is 5.93. The van der Waals surface area contributed by atoms with Gasteiger partial charge in [0.2, 0.25) is 0 Å². The molecule has 0 aliphatic carbocycles. The molecule has 37 heavy (non-hydrogen) atoms. The van der Waals surface area contributed by atoms with E-state index in [9.17, 15) is 13.2 Å². The summed E-state index contributed by atoms with van der Waals surface area (Å²) >= 11 is 0. The van der Waals surface area contributed by atoms with E-state index >= 15 is 0 Å². The molecule has 0 aromatic heterocycles. The van der Waals surface area contributed by atoms with E-state index in [0.717, 1.165) is 18.4 Å². The Morgan fingerprint density at radius 3 is 2.32 bits per heavy atom. The molecule has 0 radical (unpaired) electrons. The first kappa shape index (κ1) is 26.3. The summed E-state index contributed by atoms with van der Waals surface area (Å²) in [5.41, 5.74) is 1.38. The van der Waals surface area contributed by atoms with E-state index in [4.69, 9.17) is 18.4 Å². The summed E-state index contributed by atoms with van der Waals surface area (Å²) in [7, 11) is -0.948. The van der Waals surface area contributed by atoms with E-state index < -0.39 is 10.1 Å². The van der Waals surface area contributed by atoms with Crippen LogP contribution in [0.2, 0.25) is 0 Å². The van der Waals surface area contributed by atoms with E-state index in [1.165, 1.54) is 19.2 Å². The Balaban J connectivity index is 1.46. The molecule has 1 heterocycles. The smallest absolute Gasteiger partial charge is 0.339 e. The maximum Gasteiger partial charge on any atom is 0.339 e. The first-order valence-corrected chi connectivity index (χ1v) is 13.3. The lowest BCUT2D eigenvalue weighted by Gasteiger charge is -2.26. The lowest BCUT2D eigenvalue weighted by molar-refractivity contribution is 0.0819. The number of rotatable bonds is 10. The molecule has 0 bridgehead atoms. The van der Waals surface area contributed by atoms with Crippen molar-refractivity contribution in [3.63, 3.8) is 0 Å². The number of para-hydroxylation sites is 2. The van der Waals surface area contributed by atoms with Crippen LogP contribution in [0.4, 0.5) is 10.5 Å². The van der Waals surface area contributed by atoms with Gasteiger partial charge in [0.15, 0.2) is 0 Å². The van der Waals surface area contributed by atoms with E-state index in [2.05, 4.69) is 5.32 Å². The highest BCUT2D eigenvalue weighted by molar-refractivity contribution is 7.87. The van der Waals surface area contributed by atoms with Gasteiger partial charge in [-0.1, -0.05) is 24.3 Å². The maximum absolute atomic E-state index is 13.2. The van der Waals surface area contributed by atoms with Crippen LogP contribution in [0.1, 0.15) is 18.4 Å². The number of benzene rings is 3. The number of ether oxygens (including phenoxy) is 3. The summed E-state index contributed by atoms with van der Waals surface area (Å²) in [4.78, 5) is 14.9. The van der Waals surface area contributed by atoms with Gasteiger partial charge in [-0.2, -0.15) is 8.42 Å². The van der Waals surface area contributed by atoms with Crippen LogP contribution >= 0.6 is 0 Å². The lowest BCUT2D eigenvalue weighted by atomic mass is 10.2. The van der Waals surface area contributed by atoms with Crippen LogP contribution in [-0.2, 0) is 21.4 Å². The molecule has 2 amide bonds. The minimum absolute atomic E-state index is 0.0214. The third-order valence-corrected chi connectivity index (χ3v) is 7.20. The SMILES string of the molecule is COc1ccc(S(=O)(=O)Oc2ccc(CN(C[C@@H]3CCCO3)C(=O)Nc3ccccc3OC)cc2)cc1. The normalized spacial score (nSPS) is 15.1. The van der Waals surface area contributed by atoms with Gasteiger partial charge in [0.25, 0.3) is 0 Å². The molecule has 0 unspecified atom stereocenters. The van der Waals surface area contributed by atoms with Crippen LogP contribution in [0.25, 0.3) is 0 Å².